The van der Waals surface area contributed by atoms with E-state index in [4.69, 9.17) is 11.6 Å². The number of hydrogen-bond acceptors (Lipinski definition) is 3. The van der Waals surface area contributed by atoms with Crippen LogP contribution in [0.4, 0.5) is 0 Å². The van der Waals surface area contributed by atoms with E-state index in [1.54, 1.807) is 4.90 Å². The summed E-state index contributed by atoms with van der Waals surface area (Å²) >= 11 is 5.96. The minimum absolute atomic E-state index is 0.0422. The molecule has 0 N–H and O–H groups in total. The Morgan fingerprint density at radius 1 is 1.39 bits per heavy atom. The standard InChI is InChI=1S/C17H24ClNO3S/c1-2-3-10-19(16-9-11-23(21,22)13-16)17(20)8-7-14-5-4-6-15(18)12-14/h4-6,12,16H,2-3,7-11,13H2,1H3. The third-order valence-corrected chi connectivity index (χ3v) is 6.22. The first-order valence-corrected chi connectivity index (χ1v) is 10.4. The van der Waals surface area contributed by atoms with Gasteiger partial charge in [0.05, 0.1) is 11.5 Å². The van der Waals surface area contributed by atoms with Crippen molar-refractivity contribution in [3.8, 4) is 0 Å². The molecule has 1 aromatic rings. The number of unbranched alkanes of at least 4 members (excludes halogenated alkanes) is 1. The predicted molar refractivity (Wildman–Crippen MR) is 93.5 cm³/mol. The Labute approximate surface area is 143 Å². The van der Waals surface area contributed by atoms with Gasteiger partial charge in [0.1, 0.15) is 0 Å². The maximum atomic E-state index is 12.6. The maximum Gasteiger partial charge on any atom is 0.223 e. The van der Waals surface area contributed by atoms with Crippen LogP contribution in [-0.2, 0) is 21.1 Å². The number of nitrogens with zero attached hydrogens (tertiary/aromatic N) is 1. The molecule has 2 rings (SSSR count). The van der Waals surface area contributed by atoms with E-state index in [9.17, 15) is 13.2 Å². The summed E-state index contributed by atoms with van der Waals surface area (Å²) < 4.78 is 23.4. The molecular weight excluding hydrogens is 334 g/mol. The molecule has 1 heterocycles. The van der Waals surface area contributed by atoms with Crippen LogP contribution in [0.2, 0.25) is 5.02 Å². The Bertz CT molecular complexity index is 645. The Morgan fingerprint density at radius 2 is 2.17 bits per heavy atom. The van der Waals surface area contributed by atoms with Crippen LogP contribution in [0.1, 0.15) is 38.2 Å². The molecule has 23 heavy (non-hydrogen) atoms. The van der Waals surface area contributed by atoms with Crippen molar-refractivity contribution in [1.29, 1.82) is 0 Å². The first kappa shape index (κ1) is 18.3. The Morgan fingerprint density at radius 3 is 2.78 bits per heavy atom. The summed E-state index contributed by atoms with van der Waals surface area (Å²) in [6.07, 6.45) is 3.47. The van der Waals surface area contributed by atoms with Crippen molar-refractivity contribution in [2.45, 2.75) is 45.1 Å². The van der Waals surface area contributed by atoms with Gasteiger partial charge in [-0.3, -0.25) is 4.79 Å². The second kappa shape index (κ2) is 8.15. The van der Waals surface area contributed by atoms with E-state index in [0.29, 0.717) is 30.8 Å². The van der Waals surface area contributed by atoms with Gasteiger partial charge in [-0.15, -0.1) is 0 Å². The van der Waals surface area contributed by atoms with E-state index in [1.165, 1.54) is 0 Å². The molecule has 1 fully saturated rings. The lowest BCUT2D eigenvalue weighted by atomic mass is 10.1. The largest absolute Gasteiger partial charge is 0.339 e. The highest BCUT2D eigenvalue weighted by Crippen LogP contribution is 2.20. The minimum atomic E-state index is -2.98. The fourth-order valence-electron chi connectivity index (χ4n) is 2.95. The van der Waals surface area contributed by atoms with Crippen LogP contribution in [-0.4, -0.2) is 43.3 Å². The number of sulfone groups is 1. The van der Waals surface area contributed by atoms with Gasteiger partial charge < -0.3 is 4.90 Å². The number of rotatable bonds is 7. The summed E-state index contributed by atoms with van der Waals surface area (Å²) in [7, 11) is -2.98. The first-order valence-electron chi connectivity index (χ1n) is 8.15. The fourth-order valence-corrected chi connectivity index (χ4v) is 4.89. The molecular formula is C17H24ClNO3S. The molecule has 0 bridgehead atoms. The zero-order valence-corrected chi connectivity index (χ0v) is 15.1. The molecule has 0 aliphatic carbocycles. The number of carbonyl (C=O) groups is 1. The highest BCUT2D eigenvalue weighted by atomic mass is 35.5. The van der Waals surface area contributed by atoms with E-state index in [1.807, 2.05) is 24.3 Å². The number of amides is 1. The van der Waals surface area contributed by atoms with Crippen molar-refractivity contribution in [2.24, 2.45) is 0 Å². The molecule has 0 radical (unpaired) electrons. The normalized spacial score (nSPS) is 19.7. The van der Waals surface area contributed by atoms with E-state index in [0.717, 1.165) is 18.4 Å². The van der Waals surface area contributed by atoms with Crippen molar-refractivity contribution in [1.82, 2.24) is 4.90 Å². The molecule has 1 aliphatic rings. The second-order valence-corrected chi connectivity index (χ2v) is 8.79. The minimum Gasteiger partial charge on any atom is -0.339 e. The third-order valence-electron chi connectivity index (χ3n) is 4.24. The van der Waals surface area contributed by atoms with Gasteiger partial charge >= 0.3 is 0 Å². The van der Waals surface area contributed by atoms with Crippen LogP contribution < -0.4 is 0 Å². The summed E-state index contributed by atoms with van der Waals surface area (Å²) in [5.41, 5.74) is 1.03. The molecule has 0 saturated carbocycles. The van der Waals surface area contributed by atoms with Gasteiger partial charge in [0.25, 0.3) is 0 Å². The smallest absolute Gasteiger partial charge is 0.223 e. The number of halogens is 1. The summed E-state index contributed by atoms with van der Waals surface area (Å²) in [5, 5.41) is 0.666. The summed E-state index contributed by atoms with van der Waals surface area (Å²) in [4.78, 5) is 14.4. The van der Waals surface area contributed by atoms with Crippen molar-refractivity contribution < 1.29 is 13.2 Å². The Hall–Kier alpha value is -1.07. The Balaban J connectivity index is 1.99. The fraction of sp³-hybridized carbons (Fsp3) is 0.588. The van der Waals surface area contributed by atoms with Gasteiger partial charge in [-0.25, -0.2) is 8.42 Å². The number of hydrogen-bond donors (Lipinski definition) is 0. The molecule has 128 valence electrons. The van der Waals surface area contributed by atoms with Crippen LogP contribution in [0.25, 0.3) is 0 Å². The van der Waals surface area contributed by atoms with E-state index in [-0.39, 0.29) is 23.5 Å². The Kier molecular flexibility index (Phi) is 6.48. The topological polar surface area (TPSA) is 54.5 Å². The number of aryl methyl sites for hydroxylation is 1. The van der Waals surface area contributed by atoms with Crippen LogP contribution in [0.5, 0.6) is 0 Å². The number of benzene rings is 1. The second-order valence-electron chi connectivity index (χ2n) is 6.13. The lowest BCUT2D eigenvalue weighted by Crippen LogP contribution is -2.41. The monoisotopic (exact) mass is 357 g/mol. The van der Waals surface area contributed by atoms with Crippen molar-refractivity contribution in [3.63, 3.8) is 0 Å². The van der Waals surface area contributed by atoms with Crippen LogP contribution in [0.3, 0.4) is 0 Å². The SMILES string of the molecule is CCCCN(C(=O)CCc1cccc(Cl)c1)C1CCS(=O)(=O)C1. The van der Waals surface area contributed by atoms with Gasteiger partial charge in [-0.05, 0) is 37.0 Å². The van der Waals surface area contributed by atoms with Crippen molar-refractivity contribution in [2.75, 3.05) is 18.1 Å². The number of carbonyl (C=O) groups excluding carboxylic acids is 1. The van der Waals surface area contributed by atoms with Crippen molar-refractivity contribution in [3.05, 3.63) is 34.9 Å². The summed E-state index contributed by atoms with van der Waals surface area (Å²) in [5.74, 6) is 0.349. The molecule has 1 amide bonds. The molecule has 0 aromatic heterocycles. The lowest BCUT2D eigenvalue weighted by molar-refractivity contribution is -0.133. The third kappa shape index (κ3) is 5.50. The predicted octanol–water partition coefficient (Wildman–Crippen LogP) is 3.09. The average molecular weight is 358 g/mol. The highest BCUT2D eigenvalue weighted by molar-refractivity contribution is 7.91. The zero-order valence-electron chi connectivity index (χ0n) is 13.5. The molecule has 1 unspecified atom stereocenters. The van der Waals surface area contributed by atoms with Gasteiger partial charge in [0.2, 0.25) is 5.91 Å². The van der Waals surface area contributed by atoms with Gasteiger partial charge in [-0.2, -0.15) is 0 Å². The molecule has 1 atom stereocenters. The average Bonchev–Trinajstić information content (AvgIpc) is 2.85. The van der Waals surface area contributed by atoms with Gasteiger partial charge in [0, 0.05) is 24.0 Å². The molecule has 1 aromatic carbocycles. The van der Waals surface area contributed by atoms with E-state index >= 15 is 0 Å². The maximum absolute atomic E-state index is 12.6. The molecule has 0 spiro atoms. The molecule has 1 aliphatic heterocycles. The van der Waals surface area contributed by atoms with Crippen LogP contribution in [0, 0.1) is 0 Å². The van der Waals surface area contributed by atoms with Crippen LogP contribution in [0.15, 0.2) is 24.3 Å². The van der Waals surface area contributed by atoms with Crippen LogP contribution >= 0.6 is 11.6 Å². The highest BCUT2D eigenvalue weighted by Gasteiger charge is 2.34. The molecule has 4 nitrogen and oxygen atoms in total. The van der Waals surface area contributed by atoms with Gasteiger partial charge in [0.15, 0.2) is 9.84 Å². The van der Waals surface area contributed by atoms with Crippen molar-refractivity contribution >= 4 is 27.3 Å². The van der Waals surface area contributed by atoms with Gasteiger partial charge in [-0.1, -0.05) is 37.1 Å². The van der Waals surface area contributed by atoms with E-state index in [2.05, 4.69) is 6.92 Å². The molecule has 6 heteroatoms. The lowest BCUT2D eigenvalue weighted by Gasteiger charge is -2.28. The first-order chi connectivity index (χ1) is 10.9. The quantitative estimate of drug-likeness (QED) is 0.753. The zero-order chi connectivity index (χ0) is 16.9. The summed E-state index contributed by atoms with van der Waals surface area (Å²) in [6, 6.07) is 7.35. The van der Waals surface area contributed by atoms with E-state index < -0.39 is 9.84 Å². The molecule has 1 saturated heterocycles. The summed E-state index contributed by atoms with van der Waals surface area (Å²) in [6.45, 7) is 2.71.